The Balaban J connectivity index is 1.70. The van der Waals surface area contributed by atoms with E-state index in [4.69, 9.17) is 32.7 Å². The minimum Gasteiger partial charge on any atom is -0.486 e. The first-order valence-electron chi connectivity index (χ1n) is 6.30. The van der Waals surface area contributed by atoms with Gasteiger partial charge in [-0.2, -0.15) is 0 Å². The number of ether oxygens (including phenoxy) is 2. The number of halogens is 2. The van der Waals surface area contributed by atoms with Crippen LogP contribution in [0.2, 0.25) is 10.0 Å². The molecule has 2 aromatic rings. The van der Waals surface area contributed by atoms with Crippen LogP contribution in [0.1, 0.15) is 5.56 Å². The van der Waals surface area contributed by atoms with Gasteiger partial charge in [-0.05, 0) is 35.9 Å². The zero-order valence-electron chi connectivity index (χ0n) is 10.7. The summed E-state index contributed by atoms with van der Waals surface area (Å²) >= 11 is 11.9. The van der Waals surface area contributed by atoms with Crippen molar-refractivity contribution in [1.29, 1.82) is 0 Å². The summed E-state index contributed by atoms with van der Waals surface area (Å²) < 4.78 is 11.1. The molecule has 0 amide bonds. The molecule has 0 atom stereocenters. The van der Waals surface area contributed by atoms with Crippen molar-refractivity contribution in [2.24, 2.45) is 0 Å². The van der Waals surface area contributed by atoms with E-state index in [1.807, 2.05) is 30.3 Å². The molecule has 5 heteroatoms. The van der Waals surface area contributed by atoms with Crippen LogP contribution in [-0.4, -0.2) is 13.2 Å². The minimum atomic E-state index is 0.541. The number of hydrogen-bond acceptors (Lipinski definition) is 3. The van der Waals surface area contributed by atoms with Crippen LogP contribution in [0.15, 0.2) is 36.4 Å². The van der Waals surface area contributed by atoms with Crippen LogP contribution < -0.4 is 14.8 Å². The zero-order chi connectivity index (χ0) is 13.9. The standard InChI is InChI=1S/C15H13Cl2NO2/c16-12-3-2-11(8-13(12)17)18-9-10-1-4-14-15(7-10)20-6-5-19-14/h1-4,7-8,18H,5-6,9H2. The summed E-state index contributed by atoms with van der Waals surface area (Å²) in [4.78, 5) is 0. The Hall–Kier alpha value is -1.58. The first-order chi connectivity index (χ1) is 9.72. The third-order valence-electron chi connectivity index (χ3n) is 3.02. The fourth-order valence-corrected chi connectivity index (χ4v) is 2.31. The molecular formula is C15H13Cl2NO2. The van der Waals surface area contributed by atoms with Crippen LogP contribution in [0.25, 0.3) is 0 Å². The number of anilines is 1. The van der Waals surface area contributed by atoms with Gasteiger partial charge >= 0.3 is 0 Å². The highest BCUT2D eigenvalue weighted by Crippen LogP contribution is 2.31. The van der Waals surface area contributed by atoms with Gasteiger partial charge in [-0.1, -0.05) is 29.3 Å². The Morgan fingerprint density at radius 3 is 2.50 bits per heavy atom. The molecule has 2 aromatic carbocycles. The van der Waals surface area contributed by atoms with Crippen LogP contribution in [0, 0.1) is 0 Å². The maximum atomic E-state index is 5.98. The first kappa shape index (κ1) is 13.4. The SMILES string of the molecule is Clc1ccc(NCc2ccc3c(c2)OCCO3)cc1Cl. The van der Waals surface area contributed by atoms with Crippen molar-refractivity contribution in [3.63, 3.8) is 0 Å². The average molecular weight is 310 g/mol. The van der Waals surface area contributed by atoms with Crippen molar-refractivity contribution in [2.75, 3.05) is 18.5 Å². The lowest BCUT2D eigenvalue weighted by Crippen LogP contribution is -2.15. The number of hydrogen-bond donors (Lipinski definition) is 1. The molecule has 0 fully saturated rings. The fraction of sp³-hybridized carbons (Fsp3) is 0.200. The van der Waals surface area contributed by atoms with Crippen molar-refractivity contribution in [3.05, 3.63) is 52.0 Å². The van der Waals surface area contributed by atoms with Gasteiger partial charge in [0.15, 0.2) is 11.5 Å². The lowest BCUT2D eigenvalue weighted by Gasteiger charge is -2.19. The van der Waals surface area contributed by atoms with E-state index < -0.39 is 0 Å². The second-order valence-electron chi connectivity index (χ2n) is 4.46. The molecule has 0 radical (unpaired) electrons. The molecule has 20 heavy (non-hydrogen) atoms. The first-order valence-corrected chi connectivity index (χ1v) is 7.05. The van der Waals surface area contributed by atoms with Gasteiger partial charge in [-0.3, -0.25) is 0 Å². The molecule has 0 unspecified atom stereocenters. The number of fused-ring (bicyclic) bond motifs is 1. The van der Waals surface area contributed by atoms with Crippen molar-refractivity contribution in [3.8, 4) is 11.5 Å². The summed E-state index contributed by atoms with van der Waals surface area (Å²) in [5, 5.41) is 4.39. The summed E-state index contributed by atoms with van der Waals surface area (Å²) in [7, 11) is 0. The van der Waals surface area contributed by atoms with Gasteiger partial charge in [-0.25, -0.2) is 0 Å². The van der Waals surface area contributed by atoms with Gasteiger partial charge in [0, 0.05) is 12.2 Å². The number of nitrogens with one attached hydrogen (secondary N) is 1. The molecule has 1 aliphatic heterocycles. The molecule has 1 N–H and O–H groups in total. The van der Waals surface area contributed by atoms with E-state index in [0.29, 0.717) is 29.8 Å². The molecule has 0 saturated heterocycles. The van der Waals surface area contributed by atoms with Crippen molar-refractivity contribution in [1.82, 2.24) is 0 Å². The molecule has 104 valence electrons. The van der Waals surface area contributed by atoms with E-state index in [1.165, 1.54) is 0 Å². The van der Waals surface area contributed by atoms with Gasteiger partial charge in [0.05, 0.1) is 10.0 Å². The van der Waals surface area contributed by atoms with E-state index in [1.54, 1.807) is 6.07 Å². The van der Waals surface area contributed by atoms with Crippen molar-refractivity contribution >= 4 is 28.9 Å². The highest BCUT2D eigenvalue weighted by molar-refractivity contribution is 6.42. The summed E-state index contributed by atoms with van der Waals surface area (Å²) in [5.74, 6) is 1.60. The largest absolute Gasteiger partial charge is 0.486 e. The van der Waals surface area contributed by atoms with Gasteiger partial charge in [0.1, 0.15) is 13.2 Å². The quantitative estimate of drug-likeness (QED) is 0.913. The summed E-state index contributed by atoms with van der Waals surface area (Å²) in [5.41, 5.74) is 2.04. The third kappa shape index (κ3) is 2.94. The van der Waals surface area contributed by atoms with Gasteiger partial charge < -0.3 is 14.8 Å². The topological polar surface area (TPSA) is 30.5 Å². The zero-order valence-corrected chi connectivity index (χ0v) is 12.2. The van der Waals surface area contributed by atoms with Crippen molar-refractivity contribution < 1.29 is 9.47 Å². The molecule has 0 aliphatic carbocycles. The summed E-state index contributed by atoms with van der Waals surface area (Å²) in [6.45, 7) is 1.87. The summed E-state index contributed by atoms with van der Waals surface area (Å²) in [6, 6.07) is 11.4. The third-order valence-corrected chi connectivity index (χ3v) is 3.76. The predicted octanol–water partition coefficient (Wildman–Crippen LogP) is 4.38. The maximum absolute atomic E-state index is 5.98. The average Bonchev–Trinajstić information content (AvgIpc) is 2.48. The van der Waals surface area contributed by atoms with Crippen LogP contribution in [-0.2, 0) is 6.54 Å². The monoisotopic (exact) mass is 309 g/mol. The Kier molecular flexibility index (Phi) is 3.90. The van der Waals surface area contributed by atoms with Crippen LogP contribution in [0.5, 0.6) is 11.5 Å². The Morgan fingerprint density at radius 2 is 1.70 bits per heavy atom. The van der Waals surface area contributed by atoms with E-state index in [-0.39, 0.29) is 0 Å². The highest BCUT2D eigenvalue weighted by Gasteiger charge is 2.11. The van der Waals surface area contributed by atoms with Gasteiger partial charge in [0.2, 0.25) is 0 Å². The summed E-state index contributed by atoms with van der Waals surface area (Å²) in [6.07, 6.45) is 0. The molecule has 1 aliphatic rings. The predicted molar refractivity (Wildman–Crippen MR) is 81.2 cm³/mol. The fourth-order valence-electron chi connectivity index (χ4n) is 2.01. The Labute approximate surface area is 127 Å². The van der Waals surface area contributed by atoms with Crippen LogP contribution >= 0.6 is 23.2 Å². The van der Waals surface area contributed by atoms with Crippen LogP contribution in [0.3, 0.4) is 0 Å². The Morgan fingerprint density at radius 1 is 0.900 bits per heavy atom. The second-order valence-corrected chi connectivity index (χ2v) is 5.27. The Bertz CT molecular complexity index is 631. The number of benzene rings is 2. The van der Waals surface area contributed by atoms with Crippen LogP contribution in [0.4, 0.5) is 5.69 Å². The van der Waals surface area contributed by atoms with Gasteiger partial charge in [0.25, 0.3) is 0 Å². The molecule has 0 saturated carbocycles. The normalized spacial score (nSPS) is 13.1. The molecular weight excluding hydrogens is 297 g/mol. The lowest BCUT2D eigenvalue weighted by molar-refractivity contribution is 0.171. The second kappa shape index (κ2) is 5.81. The molecule has 0 spiro atoms. The highest BCUT2D eigenvalue weighted by atomic mass is 35.5. The smallest absolute Gasteiger partial charge is 0.161 e. The molecule has 0 bridgehead atoms. The van der Waals surface area contributed by atoms with E-state index in [0.717, 1.165) is 22.7 Å². The molecule has 1 heterocycles. The lowest BCUT2D eigenvalue weighted by atomic mass is 10.2. The minimum absolute atomic E-state index is 0.541. The van der Waals surface area contributed by atoms with E-state index in [9.17, 15) is 0 Å². The molecule has 0 aromatic heterocycles. The number of rotatable bonds is 3. The van der Waals surface area contributed by atoms with Crippen molar-refractivity contribution in [2.45, 2.75) is 6.54 Å². The maximum Gasteiger partial charge on any atom is 0.161 e. The van der Waals surface area contributed by atoms with E-state index >= 15 is 0 Å². The van der Waals surface area contributed by atoms with E-state index in [2.05, 4.69) is 5.32 Å². The molecule has 3 nitrogen and oxygen atoms in total. The molecule has 3 rings (SSSR count). The van der Waals surface area contributed by atoms with Gasteiger partial charge in [-0.15, -0.1) is 0 Å².